The predicted molar refractivity (Wildman–Crippen MR) is 144 cm³/mol. The van der Waals surface area contributed by atoms with E-state index in [0.29, 0.717) is 23.2 Å². The van der Waals surface area contributed by atoms with Gasteiger partial charge in [0.05, 0.1) is 12.8 Å². The summed E-state index contributed by atoms with van der Waals surface area (Å²) in [5.41, 5.74) is 3.33. The fourth-order valence-electron chi connectivity index (χ4n) is 4.11. The first-order chi connectivity index (χ1) is 18.0. The molecule has 0 atom stereocenters. The van der Waals surface area contributed by atoms with Crippen molar-refractivity contribution in [3.63, 3.8) is 0 Å². The molecule has 8 heteroatoms. The molecule has 1 fully saturated rings. The van der Waals surface area contributed by atoms with Crippen molar-refractivity contribution in [2.24, 2.45) is 5.92 Å². The molecule has 1 N–H and O–H groups in total. The summed E-state index contributed by atoms with van der Waals surface area (Å²) in [7, 11) is 1.61. The van der Waals surface area contributed by atoms with E-state index < -0.39 is 0 Å². The van der Waals surface area contributed by atoms with E-state index >= 15 is 0 Å². The number of carbonyl (C=O) groups excluding carboxylic acids is 2. The summed E-state index contributed by atoms with van der Waals surface area (Å²) in [6.45, 7) is 0.322. The first kappa shape index (κ1) is 24.6. The number of hydrogen-bond acceptors (Lipinski definition) is 4. The summed E-state index contributed by atoms with van der Waals surface area (Å²) in [6, 6.07) is 24.5. The molecular formula is C29H27ClN4O3. The predicted octanol–water partition coefficient (Wildman–Crippen LogP) is 5.58. The Hall–Kier alpha value is -4.10. The summed E-state index contributed by atoms with van der Waals surface area (Å²) < 4.78 is 7.09. The van der Waals surface area contributed by atoms with E-state index in [0.717, 1.165) is 35.4 Å². The number of carbonyl (C=O) groups is 2. The third kappa shape index (κ3) is 6.01. The lowest BCUT2D eigenvalue weighted by molar-refractivity contribution is -0.136. The van der Waals surface area contributed by atoms with Gasteiger partial charge in [0.1, 0.15) is 12.3 Å². The van der Waals surface area contributed by atoms with Crippen molar-refractivity contribution in [1.29, 1.82) is 0 Å². The van der Waals surface area contributed by atoms with Crippen LogP contribution in [0.4, 0.5) is 5.95 Å². The number of halogens is 1. The van der Waals surface area contributed by atoms with Crippen LogP contribution in [0.15, 0.2) is 85.1 Å². The SMILES string of the molecule is COc1ccc(-n2cc(-c3ccc(Cl)cc3)nc2NC(=O)CN(Cc2ccccc2)C(=O)C2CC2)cc1. The molecule has 0 spiro atoms. The van der Waals surface area contributed by atoms with Crippen molar-refractivity contribution >= 4 is 29.4 Å². The lowest BCUT2D eigenvalue weighted by Crippen LogP contribution is -2.38. The summed E-state index contributed by atoms with van der Waals surface area (Å²) in [6.07, 6.45) is 3.61. The maximum atomic E-state index is 13.2. The van der Waals surface area contributed by atoms with Crippen molar-refractivity contribution in [1.82, 2.24) is 14.5 Å². The minimum absolute atomic E-state index is 0.00862. The van der Waals surface area contributed by atoms with Crippen LogP contribution >= 0.6 is 11.6 Å². The molecule has 1 heterocycles. The molecular weight excluding hydrogens is 488 g/mol. The van der Waals surface area contributed by atoms with Crippen LogP contribution < -0.4 is 10.1 Å². The Morgan fingerprint density at radius 1 is 1.03 bits per heavy atom. The number of rotatable bonds is 9. The van der Waals surface area contributed by atoms with E-state index in [1.165, 1.54) is 0 Å². The fourth-order valence-corrected chi connectivity index (χ4v) is 4.24. The lowest BCUT2D eigenvalue weighted by atomic mass is 10.2. The highest BCUT2D eigenvalue weighted by Gasteiger charge is 2.34. The molecule has 188 valence electrons. The average molecular weight is 515 g/mol. The first-order valence-corrected chi connectivity index (χ1v) is 12.5. The van der Waals surface area contributed by atoms with Gasteiger partial charge in [-0.05, 0) is 54.8 Å². The number of aromatic nitrogens is 2. The highest BCUT2D eigenvalue weighted by molar-refractivity contribution is 6.30. The van der Waals surface area contributed by atoms with E-state index in [4.69, 9.17) is 21.3 Å². The monoisotopic (exact) mass is 514 g/mol. The number of anilines is 1. The topological polar surface area (TPSA) is 76.5 Å². The van der Waals surface area contributed by atoms with Crippen LogP contribution in [0.5, 0.6) is 5.75 Å². The van der Waals surface area contributed by atoms with Gasteiger partial charge in [-0.3, -0.25) is 19.5 Å². The van der Waals surface area contributed by atoms with E-state index in [9.17, 15) is 9.59 Å². The molecule has 3 aromatic carbocycles. The van der Waals surface area contributed by atoms with Crippen LogP contribution in [0.1, 0.15) is 18.4 Å². The van der Waals surface area contributed by atoms with Gasteiger partial charge in [-0.1, -0.05) is 54.1 Å². The van der Waals surface area contributed by atoms with Crippen molar-refractivity contribution in [3.8, 4) is 22.7 Å². The third-order valence-corrected chi connectivity index (χ3v) is 6.49. The number of methoxy groups -OCH3 is 1. The van der Waals surface area contributed by atoms with Gasteiger partial charge in [0.2, 0.25) is 17.8 Å². The van der Waals surface area contributed by atoms with Gasteiger partial charge in [0, 0.05) is 34.9 Å². The second-order valence-corrected chi connectivity index (χ2v) is 9.46. The van der Waals surface area contributed by atoms with Gasteiger partial charge in [-0.25, -0.2) is 4.98 Å². The van der Waals surface area contributed by atoms with Crippen molar-refractivity contribution in [3.05, 3.63) is 95.6 Å². The Balaban J connectivity index is 1.41. The first-order valence-electron chi connectivity index (χ1n) is 12.1. The normalized spacial score (nSPS) is 12.7. The summed E-state index contributed by atoms with van der Waals surface area (Å²) in [5.74, 6) is 0.794. The van der Waals surface area contributed by atoms with Crippen LogP contribution in [-0.2, 0) is 16.1 Å². The summed E-state index contributed by atoms with van der Waals surface area (Å²) in [5, 5.41) is 3.56. The van der Waals surface area contributed by atoms with E-state index in [1.807, 2.05) is 77.5 Å². The maximum absolute atomic E-state index is 13.2. The fraction of sp³-hybridized carbons (Fsp3) is 0.207. The molecule has 1 aliphatic carbocycles. The Kier molecular flexibility index (Phi) is 7.23. The number of nitrogens with one attached hydrogen (secondary N) is 1. The van der Waals surface area contributed by atoms with E-state index in [1.54, 1.807) is 24.1 Å². The molecule has 0 bridgehead atoms. The largest absolute Gasteiger partial charge is 0.497 e. The van der Waals surface area contributed by atoms with Crippen LogP contribution in [0.2, 0.25) is 5.02 Å². The number of hydrogen-bond donors (Lipinski definition) is 1. The molecule has 0 unspecified atom stereocenters. The maximum Gasteiger partial charge on any atom is 0.246 e. The molecule has 2 amide bonds. The van der Waals surface area contributed by atoms with Gasteiger partial charge < -0.3 is 9.64 Å². The zero-order valence-corrected chi connectivity index (χ0v) is 21.2. The van der Waals surface area contributed by atoms with E-state index in [2.05, 4.69) is 5.32 Å². The molecule has 1 saturated carbocycles. The average Bonchev–Trinajstić information content (AvgIpc) is 3.69. The van der Waals surface area contributed by atoms with Crippen molar-refractivity contribution in [2.45, 2.75) is 19.4 Å². The Morgan fingerprint density at radius 2 is 1.73 bits per heavy atom. The zero-order valence-electron chi connectivity index (χ0n) is 20.4. The molecule has 0 aliphatic heterocycles. The molecule has 4 aromatic rings. The van der Waals surface area contributed by atoms with Crippen LogP contribution in [0, 0.1) is 5.92 Å². The smallest absolute Gasteiger partial charge is 0.246 e. The third-order valence-electron chi connectivity index (χ3n) is 6.24. The number of benzene rings is 3. The van der Waals surface area contributed by atoms with Gasteiger partial charge in [0.15, 0.2) is 0 Å². The summed E-state index contributed by atoms with van der Waals surface area (Å²) in [4.78, 5) is 32.5. The lowest BCUT2D eigenvalue weighted by Gasteiger charge is -2.22. The van der Waals surface area contributed by atoms with Gasteiger partial charge in [-0.15, -0.1) is 0 Å². The standard InChI is InChI=1S/C29H27ClN4O3/c1-37-25-15-13-24(14-16-25)34-18-26(21-9-11-23(30)12-10-21)31-29(34)32-27(35)19-33(28(36)22-7-8-22)17-20-5-3-2-4-6-20/h2-6,9-16,18,22H,7-8,17,19H2,1H3,(H,31,32,35). The van der Waals surface area contributed by atoms with E-state index in [-0.39, 0.29) is 24.3 Å². The Labute approximate surface area is 220 Å². The Morgan fingerprint density at radius 3 is 2.38 bits per heavy atom. The number of imidazole rings is 1. The number of amides is 2. The van der Waals surface area contributed by atoms with Crippen LogP contribution in [0.3, 0.4) is 0 Å². The zero-order chi connectivity index (χ0) is 25.8. The Bertz CT molecular complexity index is 1380. The van der Waals surface area contributed by atoms with Crippen molar-refractivity contribution in [2.75, 3.05) is 19.0 Å². The minimum Gasteiger partial charge on any atom is -0.497 e. The number of nitrogens with zero attached hydrogens (tertiary/aromatic N) is 3. The van der Waals surface area contributed by atoms with Gasteiger partial charge in [-0.2, -0.15) is 0 Å². The van der Waals surface area contributed by atoms with Gasteiger partial charge >= 0.3 is 0 Å². The molecule has 5 rings (SSSR count). The quantitative estimate of drug-likeness (QED) is 0.316. The van der Waals surface area contributed by atoms with Gasteiger partial charge in [0.25, 0.3) is 0 Å². The molecule has 1 aliphatic rings. The van der Waals surface area contributed by atoms with Crippen molar-refractivity contribution < 1.29 is 14.3 Å². The van der Waals surface area contributed by atoms with Crippen LogP contribution in [0.25, 0.3) is 16.9 Å². The minimum atomic E-state index is -0.312. The molecule has 0 radical (unpaired) electrons. The molecule has 7 nitrogen and oxygen atoms in total. The highest BCUT2D eigenvalue weighted by Crippen LogP contribution is 2.32. The highest BCUT2D eigenvalue weighted by atomic mass is 35.5. The second-order valence-electron chi connectivity index (χ2n) is 9.03. The van der Waals surface area contributed by atoms with Crippen LogP contribution in [-0.4, -0.2) is 39.9 Å². The molecule has 0 saturated heterocycles. The number of ether oxygens (including phenoxy) is 1. The summed E-state index contributed by atoms with van der Waals surface area (Å²) >= 11 is 6.06. The molecule has 1 aromatic heterocycles. The molecule has 37 heavy (non-hydrogen) atoms. The second kappa shape index (κ2) is 10.9.